The number of hydrogen-bond acceptors (Lipinski definition) is 3. The number of rotatable bonds is 3. The lowest BCUT2D eigenvalue weighted by molar-refractivity contribution is -0.125. The molecule has 0 aromatic heterocycles. The molecule has 0 aliphatic carbocycles. The molecule has 132 valence electrons. The molecule has 0 bridgehead atoms. The number of likely N-dealkylation sites (tertiary alicyclic amines) is 1. The van der Waals surface area contributed by atoms with E-state index in [0.717, 1.165) is 0 Å². The Balaban J connectivity index is 1.86. The third-order valence-electron chi connectivity index (χ3n) is 3.74. The van der Waals surface area contributed by atoms with Gasteiger partial charge in [0.05, 0.1) is 0 Å². The predicted octanol–water partition coefficient (Wildman–Crippen LogP) is 3.29. The summed E-state index contributed by atoms with van der Waals surface area (Å²) in [5.41, 5.74) is -3.90. The van der Waals surface area contributed by atoms with Crippen molar-refractivity contribution < 1.29 is 22.8 Å². The lowest BCUT2D eigenvalue weighted by atomic mass is 9.96. The highest BCUT2D eigenvalue weighted by Gasteiger charge is 2.29. The molecule has 0 unspecified atom stereocenters. The Bertz CT molecular complexity index is 585. The minimum absolute atomic E-state index is 0.0205. The first-order valence-corrected chi connectivity index (χ1v) is 8.23. The van der Waals surface area contributed by atoms with Gasteiger partial charge in [0.15, 0.2) is 0 Å². The number of urea groups is 1. The van der Waals surface area contributed by atoms with Crippen molar-refractivity contribution in [2.45, 2.75) is 23.2 Å². The van der Waals surface area contributed by atoms with Gasteiger partial charge in [-0.05, 0) is 48.9 Å². The van der Waals surface area contributed by atoms with Gasteiger partial charge in [0.1, 0.15) is 0 Å². The van der Waals surface area contributed by atoms with Crippen molar-refractivity contribution in [3.63, 3.8) is 0 Å². The summed E-state index contributed by atoms with van der Waals surface area (Å²) in [6, 6.07) is 5.17. The molecular formula is C15H18F3N3O2S. The van der Waals surface area contributed by atoms with Crippen LogP contribution in [0.15, 0.2) is 29.2 Å². The first kappa shape index (κ1) is 18.4. The number of piperidine rings is 1. The second kappa shape index (κ2) is 7.78. The molecule has 3 amide bonds. The van der Waals surface area contributed by atoms with Gasteiger partial charge in [0, 0.05) is 36.6 Å². The zero-order chi connectivity index (χ0) is 17.7. The number of amides is 3. The van der Waals surface area contributed by atoms with Crippen LogP contribution in [-0.2, 0) is 4.79 Å². The Morgan fingerprint density at radius 1 is 1.17 bits per heavy atom. The molecule has 2 rings (SSSR count). The topological polar surface area (TPSA) is 61.4 Å². The third-order valence-corrected chi connectivity index (χ3v) is 4.48. The van der Waals surface area contributed by atoms with E-state index in [2.05, 4.69) is 10.6 Å². The molecule has 1 aromatic rings. The Labute approximate surface area is 142 Å². The van der Waals surface area contributed by atoms with Crippen LogP contribution in [0, 0.1) is 5.92 Å². The number of carbonyl (C=O) groups is 2. The minimum Gasteiger partial charge on any atom is -0.359 e. The zero-order valence-electron chi connectivity index (χ0n) is 13.0. The van der Waals surface area contributed by atoms with Crippen LogP contribution >= 0.6 is 11.8 Å². The first-order valence-electron chi connectivity index (χ1n) is 7.42. The van der Waals surface area contributed by atoms with E-state index >= 15 is 0 Å². The smallest absolute Gasteiger partial charge is 0.359 e. The summed E-state index contributed by atoms with van der Waals surface area (Å²) in [6.45, 7) is 0.928. The van der Waals surface area contributed by atoms with Crippen molar-refractivity contribution in [1.82, 2.24) is 10.2 Å². The van der Waals surface area contributed by atoms with Crippen LogP contribution in [-0.4, -0.2) is 42.5 Å². The van der Waals surface area contributed by atoms with Gasteiger partial charge in [-0.3, -0.25) is 4.79 Å². The largest absolute Gasteiger partial charge is 0.446 e. The van der Waals surface area contributed by atoms with Gasteiger partial charge in [-0.2, -0.15) is 13.2 Å². The van der Waals surface area contributed by atoms with E-state index in [-0.39, 0.29) is 34.5 Å². The number of nitrogens with zero attached hydrogens (tertiary/aromatic N) is 1. The number of hydrogen-bond donors (Lipinski definition) is 2. The fourth-order valence-corrected chi connectivity index (χ4v) is 3.03. The Morgan fingerprint density at radius 3 is 2.25 bits per heavy atom. The van der Waals surface area contributed by atoms with E-state index in [1.807, 2.05) is 0 Å². The molecule has 1 fully saturated rings. The van der Waals surface area contributed by atoms with Crippen LogP contribution < -0.4 is 10.6 Å². The van der Waals surface area contributed by atoms with Gasteiger partial charge in [-0.1, -0.05) is 0 Å². The Kier molecular flexibility index (Phi) is 5.98. The van der Waals surface area contributed by atoms with Gasteiger partial charge < -0.3 is 15.5 Å². The van der Waals surface area contributed by atoms with Gasteiger partial charge in [-0.25, -0.2) is 4.79 Å². The molecule has 0 saturated carbocycles. The van der Waals surface area contributed by atoms with Gasteiger partial charge >= 0.3 is 11.5 Å². The lowest BCUT2D eigenvalue weighted by Gasteiger charge is -2.31. The number of thioether (sulfide) groups is 1. The molecule has 5 nitrogen and oxygen atoms in total. The molecule has 2 N–H and O–H groups in total. The van der Waals surface area contributed by atoms with Crippen LogP contribution in [0.1, 0.15) is 12.8 Å². The average Bonchev–Trinajstić information content (AvgIpc) is 2.54. The maximum absolute atomic E-state index is 12.3. The summed E-state index contributed by atoms with van der Waals surface area (Å²) < 4.78 is 36.8. The fraction of sp³-hybridized carbons (Fsp3) is 0.467. The maximum atomic E-state index is 12.3. The molecule has 0 atom stereocenters. The summed E-state index contributed by atoms with van der Waals surface area (Å²) >= 11 is -0.200. The maximum Gasteiger partial charge on any atom is 0.446 e. The third kappa shape index (κ3) is 5.33. The monoisotopic (exact) mass is 361 g/mol. The van der Waals surface area contributed by atoms with E-state index in [1.54, 1.807) is 11.9 Å². The Morgan fingerprint density at radius 2 is 1.75 bits per heavy atom. The Hall–Kier alpha value is -1.90. The van der Waals surface area contributed by atoms with Crippen LogP contribution in [0.3, 0.4) is 0 Å². The van der Waals surface area contributed by atoms with Crippen molar-refractivity contribution in [3.05, 3.63) is 24.3 Å². The first-order chi connectivity index (χ1) is 11.3. The predicted molar refractivity (Wildman–Crippen MR) is 85.7 cm³/mol. The van der Waals surface area contributed by atoms with E-state index < -0.39 is 5.51 Å². The summed E-state index contributed by atoms with van der Waals surface area (Å²) in [5, 5.41) is 5.26. The molecule has 1 aliphatic rings. The number of anilines is 1. The average molecular weight is 361 g/mol. The van der Waals surface area contributed by atoms with E-state index in [0.29, 0.717) is 31.6 Å². The number of benzene rings is 1. The molecule has 1 aromatic carbocycles. The fourth-order valence-electron chi connectivity index (χ4n) is 2.49. The highest BCUT2D eigenvalue weighted by atomic mass is 32.2. The molecule has 9 heteroatoms. The molecule has 24 heavy (non-hydrogen) atoms. The van der Waals surface area contributed by atoms with Crippen LogP contribution in [0.2, 0.25) is 0 Å². The quantitative estimate of drug-likeness (QED) is 0.812. The molecular weight excluding hydrogens is 343 g/mol. The van der Waals surface area contributed by atoms with Crippen molar-refractivity contribution in [2.75, 3.05) is 25.5 Å². The lowest BCUT2D eigenvalue weighted by Crippen LogP contribution is -2.44. The van der Waals surface area contributed by atoms with Crippen molar-refractivity contribution >= 4 is 29.4 Å². The van der Waals surface area contributed by atoms with E-state index in [1.165, 1.54) is 24.3 Å². The van der Waals surface area contributed by atoms with Crippen LogP contribution in [0.4, 0.5) is 23.7 Å². The summed E-state index contributed by atoms with van der Waals surface area (Å²) in [7, 11) is 1.59. The number of carbonyl (C=O) groups excluding carboxylic acids is 2. The molecule has 1 saturated heterocycles. The zero-order valence-corrected chi connectivity index (χ0v) is 13.8. The highest BCUT2D eigenvalue weighted by molar-refractivity contribution is 8.00. The minimum atomic E-state index is -4.33. The summed E-state index contributed by atoms with van der Waals surface area (Å²) in [4.78, 5) is 25.4. The molecule has 0 radical (unpaired) electrons. The second-order valence-electron chi connectivity index (χ2n) is 5.38. The summed E-state index contributed by atoms with van der Waals surface area (Å²) in [6.07, 6.45) is 1.18. The van der Waals surface area contributed by atoms with E-state index in [9.17, 15) is 22.8 Å². The normalized spacial score (nSPS) is 15.9. The number of alkyl halides is 3. The van der Waals surface area contributed by atoms with Gasteiger partial charge in [-0.15, -0.1) is 0 Å². The standard InChI is InChI=1S/C15H18F3N3O2S/c1-19-13(22)10-6-8-21(9-7-10)14(23)20-11-2-4-12(5-3-11)24-15(16,17)18/h2-5,10H,6-9H2,1H3,(H,19,22)(H,20,23). The molecule has 1 aliphatic heterocycles. The van der Waals surface area contributed by atoms with Gasteiger partial charge in [0.2, 0.25) is 5.91 Å². The number of nitrogens with one attached hydrogen (secondary N) is 2. The summed E-state index contributed by atoms with van der Waals surface area (Å²) in [5.74, 6) is -0.106. The second-order valence-corrected chi connectivity index (χ2v) is 6.52. The van der Waals surface area contributed by atoms with Crippen molar-refractivity contribution in [1.29, 1.82) is 0 Å². The highest BCUT2D eigenvalue weighted by Crippen LogP contribution is 2.37. The van der Waals surface area contributed by atoms with Crippen LogP contribution in [0.25, 0.3) is 0 Å². The van der Waals surface area contributed by atoms with E-state index in [4.69, 9.17) is 0 Å². The van der Waals surface area contributed by atoms with Crippen LogP contribution in [0.5, 0.6) is 0 Å². The number of halogens is 3. The van der Waals surface area contributed by atoms with Crippen molar-refractivity contribution in [2.24, 2.45) is 5.92 Å². The van der Waals surface area contributed by atoms with Gasteiger partial charge in [0.25, 0.3) is 0 Å². The molecule has 1 heterocycles. The van der Waals surface area contributed by atoms with Crippen molar-refractivity contribution in [3.8, 4) is 0 Å². The SMILES string of the molecule is CNC(=O)C1CCN(C(=O)Nc2ccc(SC(F)(F)F)cc2)CC1. The molecule has 0 spiro atoms.